The van der Waals surface area contributed by atoms with E-state index in [1.807, 2.05) is 6.07 Å². The normalized spacial score (nSPS) is 13.2. The van der Waals surface area contributed by atoms with Crippen LogP contribution in [0.1, 0.15) is 90.1 Å². The Hall–Kier alpha value is -5.65. The summed E-state index contributed by atoms with van der Waals surface area (Å²) in [6.45, 7) is 26.7. The van der Waals surface area contributed by atoms with E-state index in [1.165, 1.54) is 11.1 Å². The summed E-state index contributed by atoms with van der Waals surface area (Å²) in [4.78, 5) is 4.56. The molecule has 0 N–H and O–H groups in total. The van der Waals surface area contributed by atoms with Crippen molar-refractivity contribution in [2.75, 3.05) is 9.80 Å². The van der Waals surface area contributed by atoms with Crippen LogP contribution in [0.5, 0.6) is 11.5 Å². The van der Waals surface area contributed by atoms with Crippen molar-refractivity contribution in [2.24, 2.45) is 0 Å². The van der Waals surface area contributed by atoms with Gasteiger partial charge in [-0.05, 0) is 88.1 Å². The Labute approximate surface area is 375 Å². The van der Waals surface area contributed by atoms with E-state index < -0.39 is 0 Å². The number of fused-ring (bicyclic) bond motifs is 4. The van der Waals surface area contributed by atoms with Crippen LogP contribution in [0, 0.1) is 32.6 Å². The summed E-state index contributed by atoms with van der Waals surface area (Å²) in [7, 11) is 0. The van der Waals surface area contributed by atoms with Crippen LogP contribution in [0.4, 0.5) is 22.7 Å². The first kappa shape index (κ1) is 42.1. The van der Waals surface area contributed by atoms with Gasteiger partial charge in [0.2, 0.25) is 5.95 Å². The van der Waals surface area contributed by atoms with Crippen molar-refractivity contribution < 1.29 is 25.8 Å². The van der Waals surface area contributed by atoms with Crippen molar-refractivity contribution in [3.05, 3.63) is 162 Å². The van der Waals surface area contributed by atoms with Gasteiger partial charge in [-0.3, -0.25) is 4.57 Å². The van der Waals surface area contributed by atoms with E-state index in [1.54, 1.807) is 6.33 Å². The second-order valence-electron chi connectivity index (χ2n) is 19.3. The van der Waals surface area contributed by atoms with Gasteiger partial charge in [-0.25, -0.2) is 0 Å². The third-order valence-corrected chi connectivity index (χ3v) is 11.7. The van der Waals surface area contributed by atoms with E-state index in [2.05, 4.69) is 222 Å². The van der Waals surface area contributed by atoms with Crippen LogP contribution in [0.2, 0.25) is 0 Å². The van der Waals surface area contributed by atoms with Crippen molar-refractivity contribution in [2.45, 2.75) is 92.4 Å². The third kappa shape index (κ3) is 7.67. The molecule has 3 heterocycles. The number of nitrogens with zero attached hydrogens (tertiary/aromatic N) is 6. The van der Waals surface area contributed by atoms with Crippen molar-refractivity contribution in [3.8, 4) is 23.1 Å². The fourth-order valence-electron chi connectivity index (χ4n) is 8.28. The minimum atomic E-state index is -0.170. The van der Waals surface area contributed by atoms with Gasteiger partial charge in [-0.15, -0.1) is 63.8 Å². The van der Waals surface area contributed by atoms with Crippen molar-refractivity contribution >= 4 is 44.6 Å². The molecule has 0 amide bonds. The molecule has 0 saturated carbocycles. The van der Waals surface area contributed by atoms with E-state index in [0.29, 0.717) is 17.4 Å². The molecule has 6 aromatic carbocycles. The number of aromatic nitrogens is 4. The molecule has 0 bridgehead atoms. The Morgan fingerprint density at radius 3 is 2.00 bits per heavy atom. The Morgan fingerprint density at radius 2 is 1.28 bits per heavy atom. The zero-order chi connectivity index (χ0) is 42.3. The molecule has 314 valence electrons. The summed E-state index contributed by atoms with van der Waals surface area (Å²) in [6, 6.07) is 46.3. The van der Waals surface area contributed by atoms with Crippen LogP contribution in [0.3, 0.4) is 0 Å². The second-order valence-corrected chi connectivity index (χ2v) is 19.3. The zero-order valence-electron chi connectivity index (χ0n) is 37.0. The van der Waals surface area contributed by atoms with E-state index in [0.717, 1.165) is 66.9 Å². The van der Waals surface area contributed by atoms with Gasteiger partial charge in [0.1, 0.15) is 6.33 Å². The fraction of sp³-hybridized carbons (Fsp3) is 0.264. The first-order valence-corrected chi connectivity index (χ1v) is 20.8. The maximum atomic E-state index is 6.85. The fourth-order valence-corrected chi connectivity index (χ4v) is 8.28. The monoisotopic (exact) mass is 984 g/mol. The average molecular weight is 985 g/mol. The minimum Gasteiger partial charge on any atom is -0.509 e. The predicted octanol–water partition coefficient (Wildman–Crippen LogP) is 13.7. The summed E-state index contributed by atoms with van der Waals surface area (Å²) < 4.78 is 11.1. The van der Waals surface area contributed by atoms with Crippen molar-refractivity contribution in [3.63, 3.8) is 0 Å². The molecule has 0 spiro atoms. The molecule has 0 unspecified atom stereocenters. The minimum absolute atomic E-state index is 0. The maximum absolute atomic E-state index is 6.85. The van der Waals surface area contributed by atoms with Gasteiger partial charge in [0.25, 0.3) is 0 Å². The van der Waals surface area contributed by atoms with E-state index in [9.17, 15) is 0 Å². The molecule has 0 radical (unpaired) electrons. The molecule has 0 fully saturated rings. The number of benzene rings is 6. The quantitative estimate of drug-likeness (QED) is 0.155. The molecule has 0 aliphatic carbocycles. The molecule has 8 heteroatoms. The molecule has 7 nitrogen and oxygen atoms in total. The first-order valence-electron chi connectivity index (χ1n) is 20.8. The Bertz CT molecular complexity index is 2920. The van der Waals surface area contributed by atoms with Crippen LogP contribution in [0.15, 0.2) is 116 Å². The summed E-state index contributed by atoms with van der Waals surface area (Å²) in [6.07, 6.45) is 1.79. The van der Waals surface area contributed by atoms with Crippen LogP contribution < -0.4 is 14.5 Å². The number of anilines is 4. The SMILES string of the molecule is Cc1cccc(C)c1-n1cnnc1-n1c2[c-]c(Oc3[c-]c(N4[CH-]N(c5cccc(C(C)(C)C)c5)c5ccc(C(C)(C)C)cc54)cc(C(C)(C)C)c3)ccc2c2ccccc21.[Pt]. The largest absolute Gasteiger partial charge is 0.509 e. The zero-order valence-corrected chi connectivity index (χ0v) is 39.2. The number of ether oxygens (including phenoxy) is 1. The van der Waals surface area contributed by atoms with Gasteiger partial charge in [0.05, 0.1) is 5.69 Å². The summed E-state index contributed by atoms with van der Waals surface area (Å²) in [5.74, 6) is 1.88. The van der Waals surface area contributed by atoms with Crippen LogP contribution in [-0.4, -0.2) is 19.3 Å². The molecule has 1 aliphatic heterocycles. The Kier molecular flexibility index (Phi) is 10.6. The van der Waals surface area contributed by atoms with Gasteiger partial charge < -0.3 is 19.1 Å². The Morgan fingerprint density at radius 1 is 0.590 bits per heavy atom. The van der Waals surface area contributed by atoms with Crippen LogP contribution >= 0.6 is 0 Å². The third-order valence-electron chi connectivity index (χ3n) is 11.7. The molecule has 2 aromatic heterocycles. The van der Waals surface area contributed by atoms with E-state index >= 15 is 0 Å². The number of rotatable bonds is 6. The van der Waals surface area contributed by atoms with Gasteiger partial charge in [0, 0.05) is 55.1 Å². The van der Waals surface area contributed by atoms with Crippen LogP contribution in [-0.2, 0) is 37.3 Å². The van der Waals surface area contributed by atoms with E-state index in [-0.39, 0.29) is 37.3 Å². The topological polar surface area (TPSA) is 51.4 Å². The van der Waals surface area contributed by atoms with Gasteiger partial charge >= 0.3 is 0 Å². The molecular weight excluding hydrogens is 932 g/mol. The van der Waals surface area contributed by atoms with Crippen molar-refractivity contribution in [1.82, 2.24) is 19.3 Å². The van der Waals surface area contributed by atoms with Gasteiger partial charge in [0.15, 0.2) is 0 Å². The molecule has 61 heavy (non-hydrogen) atoms. The van der Waals surface area contributed by atoms with Gasteiger partial charge in [-0.1, -0.05) is 122 Å². The molecule has 0 atom stereocenters. The summed E-state index contributed by atoms with van der Waals surface area (Å²) in [5, 5.41) is 11.3. The predicted molar refractivity (Wildman–Crippen MR) is 247 cm³/mol. The summed E-state index contributed by atoms with van der Waals surface area (Å²) >= 11 is 0. The summed E-state index contributed by atoms with van der Waals surface area (Å²) in [5.41, 5.74) is 12.9. The Balaban J connectivity index is 0.00000514. The number of hydrogen-bond donors (Lipinski definition) is 0. The molecular formula is C53H53N6OPt-3. The van der Waals surface area contributed by atoms with E-state index in [4.69, 9.17) is 9.84 Å². The molecule has 9 rings (SSSR count). The van der Waals surface area contributed by atoms with Crippen LogP contribution in [0.25, 0.3) is 33.4 Å². The smallest absolute Gasteiger partial charge is 0.238 e. The maximum Gasteiger partial charge on any atom is 0.238 e. The number of para-hydroxylation sites is 2. The molecule has 8 aromatic rings. The second kappa shape index (κ2) is 15.4. The molecule has 1 aliphatic rings. The van der Waals surface area contributed by atoms with Gasteiger partial charge in [-0.2, -0.15) is 6.07 Å². The molecule has 0 saturated heterocycles. The first-order chi connectivity index (χ1) is 28.5. The standard InChI is InChI=1S/C53H53N6O.Pt/c1-34-16-14-17-35(2)49(34)56-32-54-55-50(56)59-45-21-13-12-20-43(45)44-24-23-41(31-47(44)59)60-42-28-38(53(9,10)11)27-40(30-42)58-33-57(39-19-15-18-36(26-39)51(3,4)5)46-25-22-37(29-48(46)58)52(6,7)8;/h12-29,32-33H,1-11H3;/q-3;. The average Bonchev–Trinajstić information content (AvgIpc) is 3.91. The number of aryl methyl sites for hydroxylation is 2. The number of hydrogen-bond acceptors (Lipinski definition) is 5. The van der Waals surface area contributed by atoms with Crippen molar-refractivity contribution in [1.29, 1.82) is 0 Å².